The van der Waals surface area contributed by atoms with E-state index in [0.29, 0.717) is 0 Å². The first kappa shape index (κ1) is 13.2. The van der Waals surface area contributed by atoms with Gasteiger partial charge >= 0.3 is 0 Å². The standard InChI is InChI=1S/C7H15F2N3O2/c8-6(9)4-12(1-2-13)3-5(10)7(11)14/h5-6,13H,1-4,10H2,(H2,11,14). The minimum Gasteiger partial charge on any atom is -0.395 e. The van der Waals surface area contributed by atoms with Crippen LogP contribution in [0.25, 0.3) is 0 Å². The Morgan fingerprint density at radius 3 is 2.36 bits per heavy atom. The zero-order valence-corrected chi connectivity index (χ0v) is 7.70. The molecule has 84 valence electrons. The fraction of sp³-hybridized carbons (Fsp3) is 0.857. The van der Waals surface area contributed by atoms with Crippen molar-refractivity contribution >= 4 is 5.91 Å². The van der Waals surface area contributed by atoms with Gasteiger partial charge < -0.3 is 16.6 Å². The number of nitrogens with two attached hydrogens (primary N) is 2. The van der Waals surface area contributed by atoms with Gasteiger partial charge in [-0.15, -0.1) is 0 Å². The predicted octanol–water partition coefficient (Wildman–Crippen LogP) is -1.64. The summed E-state index contributed by atoms with van der Waals surface area (Å²) in [5.74, 6) is -0.748. The van der Waals surface area contributed by atoms with Crippen molar-refractivity contribution in [2.24, 2.45) is 11.5 Å². The van der Waals surface area contributed by atoms with Crippen molar-refractivity contribution in [1.82, 2.24) is 4.90 Å². The molecule has 0 radical (unpaired) electrons. The van der Waals surface area contributed by atoms with Gasteiger partial charge in [0.05, 0.1) is 19.2 Å². The highest BCUT2D eigenvalue weighted by Gasteiger charge is 2.17. The summed E-state index contributed by atoms with van der Waals surface area (Å²) in [4.78, 5) is 11.7. The van der Waals surface area contributed by atoms with Gasteiger partial charge in [-0.05, 0) is 0 Å². The molecule has 0 saturated carbocycles. The molecule has 0 aromatic rings. The second-order valence-electron chi connectivity index (χ2n) is 2.88. The SMILES string of the molecule is NC(=O)C(N)CN(CCO)CC(F)F. The van der Waals surface area contributed by atoms with Crippen molar-refractivity contribution in [2.45, 2.75) is 12.5 Å². The van der Waals surface area contributed by atoms with E-state index in [4.69, 9.17) is 16.6 Å². The number of nitrogens with zero attached hydrogens (tertiary/aromatic N) is 1. The van der Waals surface area contributed by atoms with E-state index in [1.807, 2.05) is 0 Å². The summed E-state index contributed by atoms with van der Waals surface area (Å²) in [6.45, 7) is -0.814. The Morgan fingerprint density at radius 2 is 2.00 bits per heavy atom. The Labute approximate surface area is 80.7 Å². The van der Waals surface area contributed by atoms with E-state index < -0.39 is 24.9 Å². The molecule has 0 fully saturated rings. The van der Waals surface area contributed by atoms with Gasteiger partial charge in [-0.3, -0.25) is 9.69 Å². The lowest BCUT2D eigenvalue weighted by Crippen LogP contribution is -2.47. The van der Waals surface area contributed by atoms with Crippen LogP contribution in [0.2, 0.25) is 0 Å². The zero-order chi connectivity index (χ0) is 11.1. The normalized spacial score (nSPS) is 13.6. The van der Waals surface area contributed by atoms with Crippen LogP contribution in [0.4, 0.5) is 8.78 Å². The molecule has 1 atom stereocenters. The minimum absolute atomic E-state index is 0.0469. The Bertz CT molecular complexity index is 180. The summed E-state index contributed by atoms with van der Waals surface area (Å²) in [7, 11) is 0. The van der Waals surface area contributed by atoms with Crippen LogP contribution in [0.5, 0.6) is 0 Å². The molecule has 0 aliphatic rings. The number of aliphatic hydroxyl groups excluding tert-OH is 1. The van der Waals surface area contributed by atoms with Crippen LogP contribution in [-0.4, -0.2) is 54.6 Å². The van der Waals surface area contributed by atoms with Gasteiger partial charge in [-0.25, -0.2) is 8.78 Å². The molecule has 0 aliphatic carbocycles. The summed E-state index contributed by atoms with van der Waals surface area (Å²) < 4.78 is 24.0. The zero-order valence-electron chi connectivity index (χ0n) is 7.70. The number of halogens is 2. The molecule has 5 nitrogen and oxygen atoms in total. The molecule has 0 heterocycles. The maximum absolute atomic E-state index is 12.0. The molecule has 0 spiro atoms. The molecule has 0 rings (SSSR count). The number of amides is 1. The molecule has 0 saturated heterocycles. The van der Waals surface area contributed by atoms with Crippen LogP contribution in [0.1, 0.15) is 0 Å². The van der Waals surface area contributed by atoms with Crippen molar-refractivity contribution in [2.75, 3.05) is 26.2 Å². The molecular formula is C7H15F2N3O2. The van der Waals surface area contributed by atoms with Crippen molar-refractivity contribution < 1.29 is 18.7 Å². The van der Waals surface area contributed by atoms with Crippen molar-refractivity contribution in [1.29, 1.82) is 0 Å². The lowest BCUT2D eigenvalue weighted by atomic mass is 10.2. The number of carbonyl (C=O) groups excluding carboxylic acids is 1. The maximum atomic E-state index is 12.0. The predicted molar refractivity (Wildman–Crippen MR) is 46.7 cm³/mol. The van der Waals surface area contributed by atoms with Gasteiger partial charge in [0.1, 0.15) is 0 Å². The Morgan fingerprint density at radius 1 is 1.43 bits per heavy atom. The van der Waals surface area contributed by atoms with Crippen molar-refractivity contribution in [3.63, 3.8) is 0 Å². The Kier molecular flexibility index (Phi) is 6.26. The van der Waals surface area contributed by atoms with E-state index >= 15 is 0 Å². The third kappa shape index (κ3) is 5.79. The minimum atomic E-state index is -2.53. The molecule has 0 bridgehead atoms. The first-order valence-corrected chi connectivity index (χ1v) is 4.13. The first-order valence-electron chi connectivity index (χ1n) is 4.13. The van der Waals surface area contributed by atoms with Crippen LogP contribution >= 0.6 is 0 Å². The smallest absolute Gasteiger partial charge is 0.251 e. The second kappa shape index (κ2) is 6.63. The van der Waals surface area contributed by atoms with E-state index in [0.717, 1.165) is 0 Å². The third-order valence-electron chi connectivity index (χ3n) is 1.63. The second-order valence-corrected chi connectivity index (χ2v) is 2.88. The van der Waals surface area contributed by atoms with E-state index in [1.165, 1.54) is 4.90 Å². The highest BCUT2D eigenvalue weighted by molar-refractivity contribution is 5.79. The summed E-state index contributed by atoms with van der Waals surface area (Å²) in [6.07, 6.45) is -2.53. The van der Waals surface area contributed by atoms with Crippen molar-refractivity contribution in [3.8, 4) is 0 Å². The number of carbonyl (C=O) groups is 1. The van der Waals surface area contributed by atoms with Gasteiger partial charge in [0, 0.05) is 13.1 Å². The Balaban J connectivity index is 4.01. The quantitative estimate of drug-likeness (QED) is 0.471. The summed E-state index contributed by atoms with van der Waals surface area (Å²) >= 11 is 0. The van der Waals surface area contributed by atoms with E-state index in [2.05, 4.69) is 0 Å². The molecular weight excluding hydrogens is 196 g/mol. The van der Waals surface area contributed by atoms with Gasteiger partial charge in [0.2, 0.25) is 5.91 Å². The van der Waals surface area contributed by atoms with Gasteiger partial charge in [0.15, 0.2) is 0 Å². The molecule has 7 heteroatoms. The van der Waals surface area contributed by atoms with Gasteiger partial charge in [-0.1, -0.05) is 0 Å². The molecule has 0 aromatic heterocycles. The molecule has 0 aliphatic heterocycles. The number of primary amides is 1. The molecule has 5 N–H and O–H groups in total. The fourth-order valence-electron chi connectivity index (χ4n) is 0.962. The average Bonchev–Trinajstić information content (AvgIpc) is 2.02. The monoisotopic (exact) mass is 211 g/mol. The fourth-order valence-corrected chi connectivity index (χ4v) is 0.962. The largest absolute Gasteiger partial charge is 0.395 e. The first-order chi connectivity index (χ1) is 6.47. The Hall–Kier alpha value is -0.790. The lowest BCUT2D eigenvalue weighted by molar-refractivity contribution is -0.119. The molecule has 0 aromatic carbocycles. The molecule has 14 heavy (non-hydrogen) atoms. The summed E-state index contributed by atoms with van der Waals surface area (Å²) in [6, 6.07) is -0.986. The van der Waals surface area contributed by atoms with E-state index in [9.17, 15) is 13.6 Å². The van der Waals surface area contributed by atoms with Crippen LogP contribution in [0.15, 0.2) is 0 Å². The summed E-state index contributed by atoms with van der Waals surface area (Å²) in [5.41, 5.74) is 10.2. The highest BCUT2D eigenvalue weighted by atomic mass is 19.3. The number of rotatable bonds is 7. The number of aliphatic hydroxyl groups is 1. The lowest BCUT2D eigenvalue weighted by Gasteiger charge is -2.22. The average molecular weight is 211 g/mol. The van der Waals surface area contributed by atoms with Gasteiger partial charge in [0.25, 0.3) is 6.43 Å². The highest BCUT2D eigenvalue weighted by Crippen LogP contribution is 1.98. The third-order valence-corrected chi connectivity index (χ3v) is 1.63. The number of hydrogen-bond donors (Lipinski definition) is 3. The van der Waals surface area contributed by atoms with Crippen LogP contribution in [0.3, 0.4) is 0 Å². The van der Waals surface area contributed by atoms with Crippen molar-refractivity contribution in [3.05, 3.63) is 0 Å². The molecule has 1 unspecified atom stereocenters. The molecule has 1 amide bonds. The van der Waals surface area contributed by atoms with Crippen LogP contribution in [0, 0.1) is 0 Å². The number of hydrogen-bond acceptors (Lipinski definition) is 4. The number of alkyl halides is 2. The van der Waals surface area contributed by atoms with Crippen LogP contribution in [-0.2, 0) is 4.79 Å². The van der Waals surface area contributed by atoms with Gasteiger partial charge in [-0.2, -0.15) is 0 Å². The maximum Gasteiger partial charge on any atom is 0.251 e. The van der Waals surface area contributed by atoms with E-state index in [-0.39, 0.29) is 19.7 Å². The van der Waals surface area contributed by atoms with E-state index in [1.54, 1.807) is 0 Å². The van der Waals surface area contributed by atoms with Crippen LogP contribution < -0.4 is 11.5 Å². The topological polar surface area (TPSA) is 92.6 Å². The summed E-state index contributed by atoms with van der Waals surface area (Å²) in [5, 5.41) is 8.56.